The summed E-state index contributed by atoms with van der Waals surface area (Å²) in [7, 11) is 0. The quantitative estimate of drug-likeness (QED) is 0.469. The predicted molar refractivity (Wildman–Crippen MR) is 81.3 cm³/mol. The molecule has 0 aliphatic rings. The highest BCUT2D eigenvalue weighted by Crippen LogP contribution is 2.18. The molecule has 1 rings (SSSR count). The Hall–Kier alpha value is -0.530. The minimum absolute atomic E-state index is 0.0892. The average Bonchev–Trinajstić information content (AvgIpc) is 2.42. The molecule has 0 radical (unpaired) electrons. The Labute approximate surface area is 117 Å². The standard InChI is InChI=1S/C16H26ClN/c1-2-3-4-5-6-10-13-18-14-16(17)15-11-8-7-9-12-15/h7-9,11-12,16,18H,2-6,10,13-14H2,1H3. The molecular formula is C16H26ClN. The second kappa shape index (κ2) is 10.4. The zero-order valence-electron chi connectivity index (χ0n) is 11.5. The molecule has 0 aromatic heterocycles. The monoisotopic (exact) mass is 267 g/mol. The van der Waals surface area contributed by atoms with Gasteiger partial charge in [-0.1, -0.05) is 69.4 Å². The third-order valence-corrected chi connectivity index (χ3v) is 3.60. The number of alkyl halides is 1. The second-order valence-corrected chi connectivity index (χ2v) is 5.38. The van der Waals surface area contributed by atoms with Crippen LogP contribution in [0.3, 0.4) is 0 Å². The Morgan fingerprint density at radius 1 is 1.00 bits per heavy atom. The van der Waals surface area contributed by atoms with E-state index in [1.807, 2.05) is 18.2 Å². The van der Waals surface area contributed by atoms with Crippen molar-refractivity contribution in [1.29, 1.82) is 0 Å². The summed E-state index contributed by atoms with van der Waals surface area (Å²) < 4.78 is 0. The Morgan fingerprint density at radius 3 is 2.39 bits per heavy atom. The summed E-state index contributed by atoms with van der Waals surface area (Å²) in [5.74, 6) is 0. The van der Waals surface area contributed by atoms with E-state index in [9.17, 15) is 0 Å². The molecule has 0 heterocycles. The first kappa shape index (κ1) is 15.5. The molecule has 1 unspecified atom stereocenters. The van der Waals surface area contributed by atoms with Gasteiger partial charge in [-0.15, -0.1) is 11.6 Å². The number of halogens is 1. The minimum Gasteiger partial charge on any atom is -0.315 e. The van der Waals surface area contributed by atoms with Crippen LogP contribution in [0.25, 0.3) is 0 Å². The summed E-state index contributed by atoms with van der Waals surface area (Å²) in [4.78, 5) is 0. The molecule has 0 bridgehead atoms. The summed E-state index contributed by atoms with van der Waals surface area (Å²) in [6, 6.07) is 10.3. The lowest BCUT2D eigenvalue weighted by molar-refractivity contribution is 0.570. The number of rotatable bonds is 10. The van der Waals surface area contributed by atoms with E-state index in [2.05, 4.69) is 24.4 Å². The molecule has 0 fully saturated rings. The third-order valence-electron chi connectivity index (χ3n) is 3.19. The largest absolute Gasteiger partial charge is 0.315 e. The molecule has 1 aromatic carbocycles. The Morgan fingerprint density at radius 2 is 1.67 bits per heavy atom. The Balaban J connectivity index is 1.98. The van der Waals surface area contributed by atoms with Gasteiger partial charge in [0, 0.05) is 6.54 Å². The van der Waals surface area contributed by atoms with E-state index in [-0.39, 0.29) is 5.38 Å². The van der Waals surface area contributed by atoms with Gasteiger partial charge in [0.2, 0.25) is 0 Å². The highest BCUT2D eigenvalue weighted by Gasteiger charge is 2.05. The number of benzene rings is 1. The van der Waals surface area contributed by atoms with Crippen LogP contribution in [0.2, 0.25) is 0 Å². The molecule has 1 nitrogen and oxygen atoms in total. The van der Waals surface area contributed by atoms with Gasteiger partial charge in [-0.2, -0.15) is 0 Å². The molecule has 0 saturated carbocycles. The van der Waals surface area contributed by atoms with Gasteiger partial charge in [0.05, 0.1) is 5.38 Å². The van der Waals surface area contributed by atoms with Gasteiger partial charge in [0.1, 0.15) is 0 Å². The smallest absolute Gasteiger partial charge is 0.0709 e. The van der Waals surface area contributed by atoms with Crippen LogP contribution < -0.4 is 5.32 Å². The second-order valence-electron chi connectivity index (χ2n) is 4.85. The van der Waals surface area contributed by atoms with Gasteiger partial charge < -0.3 is 5.32 Å². The number of hydrogen-bond acceptors (Lipinski definition) is 1. The topological polar surface area (TPSA) is 12.0 Å². The molecule has 18 heavy (non-hydrogen) atoms. The lowest BCUT2D eigenvalue weighted by Gasteiger charge is -2.11. The van der Waals surface area contributed by atoms with Crippen LogP contribution in [0, 0.1) is 0 Å². The van der Waals surface area contributed by atoms with Crippen LogP contribution in [-0.4, -0.2) is 13.1 Å². The fourth-order valence-corrected chi connectivity index (χ4v) is 2.29. The van der Waals surface area contributed by atoms with Crippen molar-refractivity contribution in [2.75, 3.05) is 13.1 Å². The number of nitrogens with one attached hydrogen (secondary N) is 1. The highest BCUT2D eigenvalue weighted by atomic mass is 35.5. The van der Waals surface area contributed by atoms with Crippen molar-refractivity contribution < 1.29 is 0 Å². The zero-order valence-corrected chi connectivity index (χ0v) is 12.3. The van der Waals surface area contributed by atoms with Gasteiger partial charge in [-0.3, -0.25) is 0 Å². The maximum absolute atomic E-state index is 6.33. The minimum atomic E-state index is 0.0892. The molecule has 0 aliphatic heterocycles. The summed E-state index contributed by atoms with van der Waals surface area (Å²) in [5, 5.41) is 3.53. The molecule has 0 saturated heterocycles. The molecule has 0 spiro atoms. The van der Waals surface area contributed by atoms with Crippen molar-refractivity contribution in [2.24, 2.45) is 0 Å². The molecule has 1 aromatic rings. The summed E-state index contributed by atoms with van der Waals surface area (Å²) in [5.41, 5.74) is 1.20. The molecule has 1 N–H and O–H groups in total. The molecule has 2 heteroatoms. The van der Waals surface area contributed by atoms with Crippen molar-refractivity contribution in [3.63, 3.8) is 0 Å². The van der Waals surface area contributed by atoms with E-state index in [1.165, 1.54) is 44.1 Å². The van der Waals surface area contributed by atoms with Crippen LogP contribution in [0.1, 0.15) is 56.4 Å². The lowest BCUT2D eigenvalue weighted by atomic mass is 10.1. The van der Waals surface area contributed by atoms with E-state index in [0.717, 1.165) is 13.1 Å². The van der Waals surface area contributed by atoms with Gasteiger partial charge in [0.15, 0.2) is 0 Å². The lowest BCUT2D eigenvalue weighted by Crippen LogP contribution is -2.20. The maximum Gasteiger partial charge on any atom is 0.0709 e. The maximum atomic E-state index is 6.33. The van der Waals surface area contributed by atoms with E-state index >= 15 is 0 Å². The summed E-state index contributed by atoms with van der Waals surface area (Å²) in [6.07, 6.45) is 8.07. The van der Waals surface area contributed by atoms with Crippen molar-refractivity contribution in [3.8, 4) is 0 Å². The Bertz CT molecular complexity index is 286. The Kier molecular flexibility index (Phi) is 8.97. The molecular weight excluding hydrogens is 242 g/mol. The van der Waals surface area contributed by atoms with Gasteiger partial charge in [-0.25, -0.2) is 0 Å². The summed E-state index contributed by atoms with van der Waals surface area (Å²) in [6.45, 7) is 4.20. The molecule has 0 aliphatic carbocycles. The van der Waals surface area contributed by atoms with Crippen LogP contribution >= 0.6 is 11.6 Å². The van der Waals surface area contributed by atoms with Crippen LogP contribution in [-0.2, 0) is 0 Å². The van der Waals surface area contributed by atoms with Crippen LogP contribution in [0.5, 0.6) is 0 Å². The van der Waals surface area contributed by atoms with Gasteiger partial charge in [-0.05, 0) is 18.5 Å². The van der Waals surface area contributed by atoms with Gasteiger partial charge >= 0.3 is 0 Å². The first-order valence-electron chi connectivity index (χ1n) is 7.24. The average molecular weight is 268 g/mol. The van der Waals surface area contributed by atoms with E-state index < -0.39 is 0 Å². The van der Waals surface area contributed by atoms with Crippen LogP contribution in [0.4, 0.5) is 0 Å². The van der Waals surface area contributed by atoms with E-state index in [0.29, 0.717) is 0 Å². The SMILES string of the molecule is CCCCCCCCNCC(Cl)c1ccccc1. The fraction of sp³-hybridized carbons (Fsp3) is 0.625. The highest BCUT2D eigenvalue weighted by molar-refractivity contribution is 6.21. The molecule has 0 amide bonds. The summed E-state index contributed by atoms with van der Waals surface area (Å²) >= 11 is 6.33. The third kappa shape index (κ3) is 7.03. The van der Waals surface area contributed by atoms with Crippen LogP contribution in [0.15, 0.2) is 30.3 Å². The van der Waals surface area contributed by atoms with Crippen molar-refractivity contribution >= 4 is 11.6 Å². The van der Waals surface area contributed by atoms with E-state index in [1.54, 1.807) is 0 Å². The fourth-order valence-electron chi connectivity index (χ4n) is 2.04. The normalized spacial score (nSPS) is 12.6. The van der Waals surface area contributed by atoms with Crippen molar-refractivity contribution in [3.05, 3.63) is 35.9 Å². The first-order chi connectivity index (χ1) is 8.84. The molecule has 1 atom stereocenters. The van der Waals surface area contributed by atoms with Gasteiger partial charge in [0.25, 0.3) is 0 Å². The molecule has 102 valence electrons. The predicted octanol–water partition coefficient (Wildman–Crippen LogP) is 4.92. The van der Waals surface area contributed by atoms with Crippen molar-refractivity contribution in [1.82, 2.24) is 5.32 Å². The number of hydrogen-bond donors (Lipinski definition) is 1. The van der Waals surface area contributed by atoms with Crippen molar-refractivity contribution in [2.45, 2.75) is 50.8 Å². The zero-order chi connectivity index (χ0) is 13.1. The first-order valence-corrected chi connectivity index (χ1v) is 7.68. The van der Waals surface area contributed by atoms with E-state index in [4.69, 9.17) is 11.6 Å². The number of unbranched alkanes of at least 4 members (excludes halogenated alkanes) is 5.